The van der Waals surface area contributed by atoms with Gasteiger partial charge in [0, 0.05) is 17.1 Å². The number of benzene rings is 2. The minimum absolute atomic E-state index is 0.183. The molecule has 0 bridgehead atoms. The molecule has 0 aliphatic heterocycles. The van der Waals surface area contributed by atoms with Crippen LogP contribution in [0.15, 0.2) is 59.1 Å². The van der Waals surface area contributed by atoms with E-state index in [4.69, 9.17) is 0 Å². The smallest absolute Gasteiger partial charge is 0.244 e. The van der Waals surface area contributed by atoms with Crippen molar-refractivity contribution in [3.05, 3.63) is 76.0 Å². The summed E-state index contributed by atoms with van der Waals surface area (Å²) in [4.78, 5) is 11.6. The number of hydrogen-bond acceptors (Lipinski definition) is 1. The van der Waals surface area contributed by atoms with Gasteiger partial charge in [0.1, 0.15) is 5.82 Å². The molecular formula is C16H13BrFNO. The number of hydrogen-bond donors (Lipinski definition) is 1. The number of carbonyl (C=O) groups is 1. The van der Waals surface area contributed by atoms with Gasteiger partial charge in [-0.15, -0.1) is 0 Å². The van der Waals surface area contributed by atoms with Gasteiger partial charge in [0.2, 0.25) is 5.91 Å². The summed E-state index contributed by atoms with van der Waals surface area (Å²) in [5.41, 5.74) is 1.81. The molecule has 0 aliphatic rings. The van der Waals surface area contributed by atoms with Gasteiger partial charge in [-0.3, -0.25) is 4.79 Å². The van der Waals surface area contributed by atoms with Crippen LogP contribution in [0.25, 0.3) is 6.08 Å². The van der Waals surface area contributed by atoms with E-state index in [0.29, 0.717) is 6.54 Å². The Bertz CT molecular complexity index is 605. The van der Waals surface area contributed by atoms with Gasteiger partial charge in [0.25, 0.3) is 0 Å². The highest BCUT2D eigenvalue weighted by molar-refractivity contribution is 9.10. The van der Waals surface area contributed by atoms with Crippen LogP contribution in [0.4, 0.5) is 4.39 Å². The normalized spacial score (nSPS) is 10.7. The van der Waals surface area contributed by atoms with Crippen molar-refractivity contribution in [3.63, 3.8) is 0 Å². The van der Waals surface area contributed by atoms with Crippen LogP contribution in [-0.2, 0) is 11.3 Å². The number of halogens is 2. The minimum atomic E-state index is -0.282. The molecule has 20 heavy (non-hydrogen) atoms. The Hall–Kier alpha value is -1.94. The van der Waals surface area contributed by atoms with Crippen molar-refractivity contribution in [2.45, 2.75) is 6.54 Å². The highest BCUT2D eigenvalue weighted by Gasteiger charge is 1.97. The van der Waals surface area contributed by atoms with Crippen LogP contribution in [0.2, 0.25) is 0 Å². The molecule has 0 aromatic heterocycles. The molecule has 0 aliphatic carbocycles. The van der Waals surface area contributed by atoms with Crippen molar-refractivity contribution in [1.29, 1.82) is 0 Å². The maximum atomic E-state index is 12.7. The molecular weight excluding hydrogens is 321 g/mol. The highest BCUT2D eigenvalue weighted by Crippen LogP contribution is 2.11. The third kappa shape index (κ3) is 4.63. The standard InChI is InChI=1S/C16H13BrFNO/c17-14-6-1-12(2-7-14)5-10-16(20)19-11-13-3-8-15(18)9-4-13/h1-10H,11H2,(H,19,20)/b10-5+. The summed E-state index contributed by atoms with van der Waals surface area (Å²) >= 11 is 3.35. The first-order valence-electron chi connectivity index (χ1n) is 6.09. The molecule has 0 unspecified atom stereocenters. The Morgan fingerprint density at radius 1 is 1.10 bits per heavy atom. The van der Waals surface area contributed by atoms with Crippen molar-refractivity contribution in [1.82, 2.24) is 5.32 Å². The van der Waals surface area contributed by atoms with Crippen LogP contribution in [-0.4, -0.2) is 5.91 Å². The van der Waals surface area contributed by atoms with E-state index >= 15 is 0 Å². The van der Waals surface area contributed by atoms with E-state index in [1.807, 2.05) is 24.3 Å². The van der Waals surface area contributed by atoms with Crippen LogP contribution >= 0.6 is 15.9 Å². The molecule has 0 saturated carbocycles. The highest BCUT2D eigenvalue weighted by atomic mass is 79.9. The second-order valence-electron chi connectivity index (χ2n) is 4.23. The fourth-order valence-corrected chi connectivity index (χ4v) is 1.86. The maximum absolute atomic E-state index is 12.7. The van der Waals surface area contributed by atoms with E-state index in [1.54, 1.807) is 18.2 Å². The lowest BCUT2D eigenvalue weighted by molar-refractivity contribution is -0.116. The SMILES string of the molecule is O=C(/C=C/c1ccc(Br)cc1)NCc1ccc(F)cc1. The molecule has 4 heteroatoms. The summed E-state index contributed by atoms with van der Waals surface area (Å²) in [6.07, 6.45) is 3.22. The topological polar surface area (TPSA) is 29.1 Å². The van der Waals surface area contributed by atoms with E-state index in [0.717, 1.165) is 15.6 Å². The van der Waals surface area contributed by atoms with Crippen molar-refractivity contribution in [2.75, 3.05) is 0 Å². The van der Waals surface area contributed by atoms with Crippen molar-refractivity contribution in [2.24, 2.45) is 0 Å². The van der Waals surface area contributed by atoms with Gasteiger partial charge in [-0.25, -0.2) is 4.39 Å². The molecule has 0 spiro atoms. The largest absolute Gasteiger partial charge is 0.348 e. The van der Waals surface area contributed by atoms with Crippen LogP contribution in [0.1, 0.15) is 11.1 Å². The van der Waals surface area contributed by atoms with Gasteiger partial charge in [-0.05, 0) is 41.5 Å². The lowest BCUT2D eigenvalue weighted by atomic mass is 10.2. The molecule has 2 aromatic rings. The third-order valence-electron chi connectivity index (χ3n) is 2.68. The van der Waals surface area contributed by atoms with E-state index in [9.17, 15) is 9.18 Å². The Kier molecular flexibility index (Phi) is 5.07. The molecule has 2 aromatic carbocycles. The van der Waals surface area contributed by atoms with Gasteiger partial charge in [-0.2, -0.15) is 0 Å². The van der Waals surface area contributed by atoms with Crippen molar-refractivity contribution < 1.29 is 9.18 Å². The molecule has 2 nitrogen and oxygen atoms in total. The summed E-state index contributed by atoms with van der Waals surface area (Å²) < 4.78 is 13.7. The first kappa shape index (κ1) is 14.5. The lowest BCUT2D eigenvalue weighted by Crippen LogP contribution is -2.20. The molecule has 0 atom stereocenters. The lowest BCUT2D eigenvalue weighted by Gasteiger charge is -2.02. The van der Waals surface area contributed by atoms with E-state index < -0.39 is 0 Å². The van der Waals surface area contributed by atoms with E-state index in [1.165, 1.54) is 18.2 Å². The van der Waals surface area contributed by atoms with Crippen LogP contribution in [0.5, 0.6) is 0 Å². The van der Waals surface area contributed by atoms with Crippen molar-refractivity contribution in [3.8, 4) is 0 Å². The monoisotopic (exact) mass is 333 g/mol. The Morgan fingerprint density at radius 3 is 2.40 bits per heavy atom. The molecule has 0 radical (unpaired) electrons. The van der Waals surface area contributed by atoms with E-state index in [2.05, 4.69) is 21.2 Å². The average Bonchev–Trinajstić information content (AvgIpc) is 2.46. The summed E-state index contributed by atoms with van der Waals surface area (Å²) in [6.45, 7) is 0.379. The fraction of sp³-hybridized carbons (Fsp3) is 0.0625. The Morgan fingerprint density at radius 2 is 1.75 bits per heavy atom. The zero-order chi connectivity index (χ0) is 14.4. The molecule has 102 valence electrons. The van der Waals surface area contributed by atoms with Crippen molar-refractivity contribution >= 4 is 27.9 Å². The predicted molar refractivity (Wildman–Crippen MR) is 81.4 cm³/mol. The molecule has 1 N–H and O–H groups in total. The number of amides is 1. The summed E-state index contributed by atoms with van der Waals surface area (Å²) in [7, 11) is 0. The van der Waals surface area contributed by atoms with Crippen LogP contribution in [0.3, 0.4) is 0 Å². The fourth-order valence-electron chi connectivity index (χ4n) is 1.60. The summed E-state index contributed by atoms with van der Waals surface area (Å²) in [5, 5.41) is 2.74. The number of nitrogens with one attached hydrogen (secondary N) is 1. The van der Waals surface area contributed by atoms with Gasteiger partial charge >= 0.3 is 0 Å². The molecule has 0 heterocycles. The summed E-state index contributed by atoms with van der Waals surface area (Å²) in [6, 6.07) is 13.7. The number of rotatable bonds is 4. The molecule has 0 fully saturated rings. The van der Waals surface area contributed by atoms with E-state index in [-0.39, 0.29) is 11.7 Å². The predicted octanol–water partition coefficient (Wildman–Crippen LogP) is 3.92. The summed E-state index contributed by atoms with van der Waals surface area (Å²) in [5.74, 6) is -0.465. The minimum Gasteiger partial charge on any atom is -0.348 e. The number of carbonyl (C=O) groups excluding carboxylic acids is 1. The zero-order valence-electron chi connectivity index (χ0n) is 10.6. The third-order valence-corrected chi connectivity index (χ3v) is 3.21. The average molecular weight is 334 g/mol. The van der Waals surface area contributed by atoms with Crippen LogP contribution < -0.4 is 5.32 Å². The van der Waals surface area contributed by atoms with Crippen LogP contribution in [0, 0.1) is 5.82 Å². The van der Waals surface area contributed by atoms with Gasteiger partial charge in [0.15, 0.2) is 0 Å². The van der Waals surface area contributed by atoms with Gasteiger partial charge in [0.05, 0.1) is 0 Å². The molecule has 1 amide bonds. The maximum Gasteiger partial charge on any atom is 0.244 e. The first-order chi connectivity index (χ1) is 9.63. The molecule has 2 rings (SSSR count). The first-order valence-corrected chi connectivity index (χ1v) is 6.89. The zero-order valence-corrected chi connectivity index (χ0v) is 12.2. The second kappa shape index (κ2) is 7.01. The Balaban J connectivity index is 1.86. The quantitative estimate of drug-likeness (QED) is 0.844. The second-order valence-corrected chi connectivity index (χ2v) is 5.14. The van der Waals surface area contributed by atoms with Gasteiger partial charge in [-0.1, -0.05) is 40.2 Å². The Labute approximate surface area is 125 Å². The van der Waals surface area contributed by atoms with Gasteiger partial charge < -0.3 is 5.32 Å². The molecule has 0 saturated heterocycles.